The molecule has 0 radical (unpaired) electrons. The minimum absolute atomic E-state index is 0.227. The van der Waals surface area contributed by atoms with E-state index in [9.17, 15) is 4.79 Å². The van der Waals surface area contributed by atoms with E-state index in [4.69, 9.17) is 21.1 Å². The molecule has 0 bridgehead atoms. The molecule has 2 aromatic carbocycles. The number of amides is 1. The fourth-order valence-corrected chi connectivity index (χ4v) is 2.79. The summed E-state index contributed by atoms with van der Waals surface area (Å²) in [5.41, 5.74) is 1.55. The van der Waals surface area contributed by atoms with Crippen LogP contribution in [0.4, 0.5) is 17.2 Å². The summed E-state index contributed by atoms with van der Waals surface area (Å²) in [6, 6.07) is 14.0. The molecular weight excluding hydrogens is 380 g/mol. The molecule has 3 rings (SSSR count). The molecule has 0 aliphatic carbocycles. The Morgan fingerprint density at radius 3 is 2.54 bits per heavy atom. The van der Waals surface area contributed by atoms with Crippen molar-refractivity contribution in [2.45, 2.75) is 6.92 Å². The Labute approximate surface area is 167 Å². The zero-order chi connectivity index (χ0) is 20.1. The number of nitrogens with zero attached hydrogens (tertiary/aromatic N) is 2. The maximum Gasteiger partial charge on any atom is 0.274 e. The van der Waals surface area contributed by atoms with Gasteiger partial charge in [-0.1, -0.05) is 17.7 Å². The third kappa shape index (κ3) is 4.69. The summed E-state index contributed by atoms with van der Waals surface area (Å²) in [5, 5.41) is 6.33. The smallest absolute Gasteiger partial charge is 0.274 e. The molecule has 0 unspecified atom stereocenters. The van der Waals surface area contributed by atoms with Crippen molar-refractivity contribution in [3.8, 4) is 11.5 Å². The lowest BCUT2D eigenvalue weighted by Gasteiger charge is -2.11. The summed E-state index contributed by atoms with van der Waals surface area (Å²) in [6.45, 7) is 1.72. The number of carbonyl (C=O) groups is 1. The zero-order valence-corrected chi connectivity index (χ0v) is 16.4. The molecule has 1 aromatic heterocycles. The van der Waals surface area contributed by atoms with E-state index < -0.39 is 0 Å². The molecular formula is C20H19ClN4O3. The largest absolute Gasteiger partial charge is 0.497 e. The van der Waals surface area contributed by atoms with Crippen LogP contribution in [0.15, 0.2) is 48.5 Å². The number of nitrogens with one attached hydrogen (secondary N) is 2. The number of hydrogen-bond donors (Lipinski definition) is 2. The molecule has 0 aliphatic heterocycles. The molecule has 28 heavy (non-hydrogen) atoms. The average molecular weight is 399 g/mol. The van der Waals surface area contributed by atoms with Gasteiger partial charge in [0.25, 0.3) is 5.91 Å². The Hall–Kier alpha value is -3.32. The monoisotopic (exact) mass is 398 g/mol. The van der Waals surface area contributed by atoms with Crippen LogP contribution in [0.3, 0.4) is 0 Å². The normalized spacial score (nSPS) is 10.3. The van der Waals surface area contributed by atoms with Gasteiger partial charge in [-0.25, -0.2) is 9.97 Å². The van der Waals surface area contributed by atoms with Gasteiger partial charge in [-0.05, 0) is 37.3 Å². The highest BCUT2D eigenvalue weighted by Gasteiger charge is 2.12. The van der Waals surface area contributed by atoms with Crippen molar-refractivity contribution in [1.82, 2.24) is 9.97 Å². The van der Waals surface area contributed by atoms with Gasteiger partial charge in [0.1, 0.15) is 28.8 Å². The Balaban J connectivity index is 1.80. The molecule has 0 saturated heterocycles. The van der Waals surface area contributed by atoms with E-state index >= 15 is 0 Å². The van der Waals surface area contributed by atoms with E-state index in [1.165, 1.54) is 7.11 Å². The predicted octanol–water partition coefficient (Wildman–Crippen LogP) is 4.45. The van der Waals surface area contributed by atoms with Crippen LogP contribution in [-0.4, -0.2) is 30.1 Å². The van der Waals surface area contributed by atoms with Crippen molar-refractivity contribution >= 4 is 34.7 Å². The molecule has 1 heterocycles. The quantitative estimate of drug-likeness (QED) is 0.638. The fourth-order valence-electron chi connectivity index (χ4n) is 2.54. The molecule has 7 nitrogen and oxygen atoms in total. The van der Waals surface area contributed by atoms with Crippen molar-refractivity contribution in [1.29, 1.82) is 0 Å². The molecule has 8 heteroatoms. The molecule has 3 aromatic rings. The van der Waals surface area contributed by atoms with E-state index in [1.807, 2.05) is 24.3 Å². The highest BCUT2D eigenvalue weighted by Crippen LogP contribution is 2.27. The predicted molar refractivity (Wildman–Crippen MR) is 109 cm³/mol. The van der Waals surface area contributed by atoms with Gasteiger partial charge >= 0.3 is 0 Å². The summed E-state index contributed by atoms with van der Waals surface area (Å²) in [5.74, 6) is 1.83. The third-order valence-electron chi connectivity index (χ3n) is 3.82. The Morgan fingerprint density at radius 2 is 1.82 bits per heavy atom. The van der Waals surface area contributed by atoms with Gasteiger partial charge in [0.15, 0.2) is 0 Å². The fraction of sp³-hybridized carbons (Fsp3) is 0.150. The number of hydrogen-bond acceptors (Lipinski definition) is 6. The number of ether oxygens (including phenoxy) is 2. The first-order chi connectivity index (χ1) is 13.5. The van der Waals surface area contributed by atoms with Crippen molar-refractivity contribution in [3.63, 3.8) is 0 Å². The Morgan fingerprint density at radius 1 is 1.00 bits per heavy atom. The molecule has 0 spiro atoms. The van der Waals surface area contributed by atoms with Crippen LogP contribution in [0.1, 0.15) is 16.3 Å². The van der Waals surface area contributed by atoms with Gasteiger partial charge in [0.05, 0.1) is 19.2 Å². The highest BCUT2D eigenvalue weighted by atomic mass is 35.5. The minimum atomic E-state index is -0.375. The second kappa shape index (κ2) is 8.58. The summed E-state index contributed by atoms with van der Waals surface area (Å²) >= 11 is 6.10. The summed E-state index contributed by atoms with van der Waals surface area (Å²) in [4.78, 5) is 21.2. The van der Waals surface area contributed by atoms with E-state index in [0.717, 1.165) is 5.69 Å². The first kappa shape index (κ1) is 19.4. The van der Waals surface area contributed by atoms with Crippen LogP contribution >= 0.6 is 11.6 Å². The summed E-state index contributed by atoms with van der Waals surface area (Å²) in [7, 11) is 3.13. The average Bonchev–Trinajstić information content (AvgIpc) is 2.68. The molecule has 0 aliphatic rings. The van der Waals surface area contributed by atoms with Crippen molar-refractivity contribution in [2.75, 3.05) is 24.9 Å². The Bertz CT molecular complexity index is 1010. The van der Waals surface area contributed by atoms with Gasteiger partial charge in [-0.15, -0.1) is 0 Å². The van der Waals surface area contributed by atoms with Crippen LogP contribution in [0.2, 0.25) is 5.02 Å². The van der Waals surface area contributed by atoms with Crippen molar-refractivity contribution in [2.24, 2.45) is 0 Å². The number of aromatic nitrogens is 2. The van der Waals surface area contributed by atoms with Gasteiger partial charge < -0.3 is 20.1 Å². The van der Waals surface area contributed by atoms with Crippen LogP contribution in [0, 0.1) is 6.92 Å². The van der Waals surface area contributed by atoms with E-state index in [-0.39, 0.29) is 11.6 Å². The minimum Gasteiger partial charge on any atom is -0.497 e. The van der Waals surface area contributed by atoms with Gasteiger partial charge in [0.2, 0.25) is 0 Å². The Kier molecular flexibility index (Phi) is 5.96. The van der Waals surface area contributed by atoms with Gasteiger partial charge in [0, 0.05) is 23.5 Å². The van der Waals surface area contributed by atoms with E-state index in [0.29, 0.717) is 33.9 Å². The van der Waals surface area contributed by atoms with Crippen molar-refractivity contribution < 1.29 is 14.3 Å². The topological polar surface area (TPSA) is 85.4 Å². The number of halogens is 1. The number of anilines is 3. The summed E-state index contributed by atoms with van der Waals surface area (Å²) in [6.07, 6.45) is 0. The second-order valence-corrected chi connectivity index (χ2v) is 6.25. The van der Waals surface area contributed by atoms with Crippen LogP contribution in [-0.2, 0) is 0 Å². The molecule has 0 fully saturated rings. The molecule has 144 valence electrons. The highest BCUT2D eigenvalue weighted by molar-refractivity contribution is 6.32. The van der Waals surface area contributed by atoms with Crippen LogP contribution < -0.4 is 20.1 Å². The standard InChI is InChI=1S/C20H19ClN4O3/c1-12-22-17(20(26)25-14-7-8-18(28-3)16(21)10-14)11-19(23-12)24-13-5-4-6-15(9-13)27-2/h4-11H,1-3H3,(H,25,26)(H,22,23,24). The molecule has 1 amide bonds. The molecule has 2 N–H and O–H groups in total. The first-order valence-corrected chi connectivity index (χ1v) is 8.78. The van der Waals surface area contributed by atoms with Crippen LogP contribution in [0.25, 0.3) is 0 Å². The first-order valence-electron chi connectivity index (χ1n) is 8.40. The number of methoxy groups -OCH3 is 2. The van der Waals surface area contributed by atoms with Crippen LogP contribution in [0.5, 0.6) is 11.5 Å². The SMILES string of the molecule is COc1cccc(Nc2cc(C(=O)Nc3ccc(OC)c(Cl)c3)nc(C)n2)c1. The maximum absolute atomic E-state index is 12.6. The summed E-state index contributed by atoms with van der Waals surface area (Å²) < 4.78 is 10.3. The van der Waals surface area contributed by atoms with E-state index in [2.05, 4.69) is 20.6 Å². The lowest BCUT2D eigenvalue weighted by Crippen LogP contribution is -2.15. The van der Waals surface area contributed by atoms with E-state index in [1.54, 1.807) is 38.3 Å². The van der Waals surface area contributed by atoms with Gasteiger partial charge in [-0.3, -0.25) is 4.79 Å². The number of aryl methyl sites for hydroxylation is 1. The third-order valence-corrected chi connectivity index (χ3v) is 4.12. The molecule has 0 saturated carbocycles. The number of carbonyl (C=O) groups excluding carboxylic acids is 1. The van der Waals surface area contributed by atoms with Crippen molar-refractivity contribution in [3.05, 3.63) is 65.1 Å². The lowest BCUT2D eigenvalue weighted by molar-refractivity contribution is 0.102. The number of rotatable bonds is 6. The maximum atomic E-state index is 12.6. The second-order valence-electron chi connectivity index (χ2n) is 5.85. The molecule has 0 atom stereocenters. The van der Waals surface area contributed by atoms with Gasteiger partial charge in [-0.2, -0.15) is 0 Å². The number of benzene rings is 2. The lowest BCUT2D eigenvalue weighted by atomic mass is 10.2. The zero-order valence-electron chi connectivity index (χ0n) is 15.6.